The summed E-state index contributed by atoms with van der Waals surface area (Å²) in [6.07, 6.45) is -0.324. The molecule has 0 radical (unpaired) electrons. The second kappa shape index (κ2) is 8.18. The van der Waals surface area contributed by atoms with Gasteiger partial charge in [-0.2, -0.15) is 0 Å². The second-order valence-corrected chi connectivity index (χ2v) is 6.26. The van der Waals surface area contributed by atoms with Crippen molar-refractivity contribution in [3.05, 3.63) is 59.4 Å². The zero-order chi connectivity index (χ0) is 19.4. The van der Waals surface area contributed by atoms with Gasteiger partial charge in [-0.05, 0) is 42.8 Å². The van der Waals surface area contributed by atoms with Gasteiger partial charge >= 0.3 is 6.03 Å². The summed E-state index contributed by atoms with van der Waals surface area (Å²) in [5, 5.41) is 2.80. The van der Waals surface area contributed by atoms with E-state index >= 15 is 0 Å². The summed E-state index contributed by atoms with van der Waals surface area (Å²) in [6.45, 7) is 2.60. The van der Waals surface area contributed by atoms with Crippen molar-refractivity contribution in [2.75, 3.05) is 32.1 Å². The van der Waals surface area contributed by atoms with E-state index in [1.807, 2.05) is 0 Å². The van der Waals surface area contributed by atoms with Crippen molar-refractivity contribution in [3.63, 3.8) is 0 Å². The molecule has 7 heteroatoms. The van der Waals surface area contributed by atoms with Crippen LogP contribution in [0.1, 0.15) is 28.9 Å². The molecule has 2 aromatic carbocycles. The third-order valence-corrected chi connectivity index (χ3v) is 4.44. The summed E-state index contributed by atoms with van der Waals surface area (Å²) in [5.41, 5.74) is 1.72. The largest absolute Gasteiger partial charge is 0.495 e. The maximum Gasteiger partial charge on any atom is 0.322 e. The molecule has 1 atom stereocenters. The van der Waals surface area contributed by atoms with Gasteiger partial charge in [-0.3, -0.25) is 4.79 Å². The lowest BCUT2D eigenvalue weighted by Gasteiger charge is -2.33. The molecule has 0 aromatic heterocycles. The third-order valence-electron chi connectivity index (χ3n) is 4.44. The number of morpholine rings is 1. The molecule has 0 spiro atoms. The van der Waals surface area contributed by atoms with E-state index in [4.69, 9.17) is 9.47 Å². The molecule has 0 bridgehead atoms. The monoisotopic (exact) mass is 372 g/mol. The highest BCUT2D eigenvalue weighted by molar-refractivity contribution is 5.98. The van der Waals surface area contributed by atoms with Crippen LogP contribution in [0.5, 0.6) is 5.75 Å². The lowest BCUT2D eigenvalue weighted by molar-refractivity contribution is -0.0135. The van der Waals surface area contributed by atoms with Crippen LogP contribution in [-0.2, 0) is 4.74 Å². The highest BCUT2D eigenvalue weighted by Gasteiger charge is 2.26. The quantitative estimate of drug-likeness (QED) is 0.832. The molecule has 1 saturated heterocycles. The van der Waals surface area contributed by atoms with Crippen molar-refractivity contribution in [2.45, 2.75) is 13.0 Å². The first-order chi connectivity index (χ1) is 13.0. The predicted octanol–water partition coefficient (Wildman–Crippen LogP) is 3.64. The summed E-state index contributed by atoms with van der Waals surface area (Å²) in [4.78, 5) is 25.9. The molecule has 0 saturated carbocycles. The second-order valence-electron chi connectivity index (χ2n) is 6.26. The fourth-order valence-corrected chi connectivity index (χ4v) is 2.93. The zero-order valence-corrected chi connectivity index (χ0v) is 15.2. The van der Waals surface area contributed by atoms with Crippen molar-refractivity contribution >= 4 is 17.5 Å². The number of benzene rings is 2. The van der Waals surface area contributed by atoms with Crippen LogP contribution in [0.4, 0.5) is 14.9 Å². The normalized spacial score (nSPS) is 16.7. The number of nitrogens with zero attached hydrogens (tertiary/aromatic N) is 1. The van der Waals surface area contributed by atoms with E-state index in [1.165, 1.54) is 26.2 Å². The number of carbonyl (C=O) groups is 2. The highest BCUT2D eigenvalue weighted by atomic mass is 19.1. The number of urea groups is 1. The number of Topliss-reactive ketones (excluding diaryl/α,β-unsaturated/α-hetero) is 1. The van der Waals surface area contributed by atoms with E-state index in [2.05, 4.69) is 5.32 Å². The molecular formula is C20H21FN2O4. The molecule has 1 aliphatic rings. The van der Waals surface area contributed by atoms with Gasteiger partial charge in [0, 0.05) is 12.1 Å². The number of nitrogens with one attached hydrogen (secondary N) is 1. The van der Waals surface area contributed by atoms with Crippen molar-refractivity contribution in [1.29, 1.82) is 0 Å². The summed E-state index contributed by atoms with van der Waals surface area (Å²) in [6, 6.07) is 10.6. The Labute approximate surface area is 156 Å². The van der Waals surface area contributed by atoms with Crippen molar-refractivity contribution in [3.8, 4) is 5.75 Å². The predicted molar refractivity (Wildman–Crippen MR) is 98.7 cm³/mol. The summed E-state index contributed by atoms with van der Waals surface area (Å²) < 4.78 is 24.1. The highest BCUT2D eigenvalue weighted by Crippen LogP contribution is 2.27. The molecule has 27 heavy (non-hydrogen) atoms. The minimum atomic E-state index is -0.324. The third kappa shape index (κ3) is 4.43. The molecule has 2 aromatic rings. The van der Waals surface area contributed by atoms with Crippen molar-refractivity contribution in [2.24, 2.45) is 0 Å². The van der Waals surface area contributed by atoms with Gasteiger partial charge in [-0.15, -0.1) is 0 Å². The molecule has 2 amide bonds. The lowest BCUT2D eigenvalue weighted by atomic mass is 10.1. The van der Waals surface area contributed by atoms with E-state index in [9.17, 15) is 14.0 Å². The standard InChI is InChI=1S/C20H21FN2O4/c1-13(24)15-5-8-18(26-2)17(11-15)22-20(25)23-9-10-27-19(12-23)14-3-6-16(21)7-4-14/h3-8,11,19H,9-10,12H2,1-2H3,(H,22,25)/t19-/m1/s1. The molecule has 142 valence electrons. The van der Waals surface area contributed by atoms with Gasteiger partial charge in [0.25, 0.3) is 0 Å². The maximum absolute atomic E-state index is 13.1. The number of hydrogen-bond donors (Lipinski definition) is 1. The Morgan fingerprint density at radius 1 is 1.22 bits per heavy atom. The topological polar surface area (TPSA) is 67.9 Å². The Hall–Kier alpha value is -2.93. The Morgan fingerprint density at radius 2 is 1.96 bits per heavy atom. The Morgan fingerprint density at radius 3 is 2.63 bits per heavy atom. The van der Waals surface area contributed by atoms with E-state index in [0.29, 0.717) is 36.7 Å². The summed E-state index contributed by atoms with van der Waals surface area (Å²) >= 11 is 0. The van der Waals surface area contributed by atoms with Crippen LogP contribution in [0.2, 0.25) is 0 Å². The summed E-state index contributed by atoms with van der Waals surface area (Å²) in [5.74, 6) is 0.0502. The molecule has 3 rings (SSSR count). The average Bonchev–Trinajstić information content (AvgIpc) is 2.68. The number of anilines is 1. The molecule has 1 fully saturated rings. The van der Waals surface area contributed by atoms with E-state index < -0.39 is 0 Å². The minimum Gasteiger partial charge on any atom is -0.495 e. The van der Waals surface area contributed by atoms with Crippen LogP contribution >= 0.6 is 0 Å². The van der Waals surface area contributed by atoms with Gasteiger partial charge in [0.1, 0.15) is 17.7 Å². The number of carbonyl (C=O) groups excluding carboxylic acids is 2. The average molecular weight is 372 g/mol. The van der Waals surface area contributed by atoms with Crippen LogP contribution in [0.25, 0.3) is 0 Å². The molecule has 1 aliphatic heterocycles. The lowest BCUT2D eigenvalue weighted by Crippen LogP contribution is -2.44. The van der Waals surface area contributed by atoms with Crippen LogP contribution < -0.4 is 10.1 Å². The van der Waals surface area contributed by atoms with Crippen LogP contribution in [0.15, 0.2) is 42.5 Å². The smallest absolute Gasteiger partial charge is 0.322 e. The van der Waals surface area contributed by atoms with Gasteiger partial charge in [0.15, 0.2) is 5.78 Å². The van der Waals surface area contributed by atoms with E-state index in [-0.39, 0.29) is 23.7 Å². The molecule has 1 heterocycles. The van der Waals surface area contributed by atoms with Gasteiger partial charge in [0.05, 0.1) is 25.9 Å². The Kier molecular flexibility index (Phi) is 5.71. The van der Waals surface area contributed by atoms with E-state index in [1.54, 1.807) is 35.2 Å². The minimum absolute atomic E-state index is 0.101. The van der Waals surface area contributed by atoms with E-state index in [0.717, 1.165) is 5.56 Å². The molecule has 6 nitrogen and oxygen atoms in total. The Balaban J connectivity index is 1.73. The number of ketones is 1. The SMILES string of the molecule is COc1ccc(C(C)=O)cc1NC(=O)N1CCO[C@@H](c2ccc(F)cc2)C1. The molecular weight excluding hydrogens is 351 g/mol. The van der Waals surface area contributed by atoms with Crippen molar-refractivity contribution in [1.82, 2.24) is 4.90 Å². The summed E-state index contributed by atoms with van der Waals surface area (Å²) in [7, 11) is 1.50. The first-order valence-electron chi connectivity index (χ1n) is 8.60. The number of methoxy groups -OCH3 is 1. The van der Waals surface area contributed by atoms with Gasteiger partial charge in [-0.25, -0.2) is 9.18 Å². The van der Waals surface area contributed by atoms with Gasteiger partial charge in [0.2, 0.25) is 0 Å². The number of hydrogen-bond acceptors (Lipinski definition) is 4. The van der Waals surface area contributed by atoms with Crippen LogP contribution in [-0.4, -0.2) is 43.5 Å². The van der Waals surface area contributed by atoms with Gasteiger partial charge < -0.3 is 19.7 Å². The van der Waals surface area contributed by atoms with Crippen LogP contribution in [0.3, 0.4) is 0 Å². The number of rotatable bonds is 4. The molecule has 0 unspecified atom stereocenters. The fraction of sp³-hybridized carbons (Fsp3) is 0.300. The number of halogens is 1. The zero-order valence-electron chi connectivity index (χ0n) is 15.2. The van der Waals surface area contributed by atoms with Crippen LogP contribution in [0, 0.1) is 5.82 Å². The first kappa shape index (κ1) is 18.8. The van der Waals surface area contributed by atoms with Gasteiger partial charge in [-0.1, -0.05) is 12.1 Å². The fourth-order valence-electron chi connectivity index (χ4n) is 2.93. The maximum atomic E-state index is 13.1. The molecule has 1 N–H and O–H groups in total. The number of ether oxygens (including phenoxy) is 2. The first-order valence-corrected chi connectivity index (χ1v) is 8.60. The Bertz CT molecular complexity index is 838. The van der Waals surface area contributed by atoms with Crippen molar-refractivity contribution < 1.29 is 23.5 Å². The number of amides is 2. The molecule has 0 aliphatic carbocycles.